The number of nitrogens with one attached hydrogen (secondary N) is 2. The van der Waals surface area contributed by atoms with Gasteiger partial charge in [-0.25, -0.2) is 9.78 Å². The maximum Gasteiger partial charge on any atom is 0.407 e. The van der Waals surface area contributed by atoms with Crippen LogP contribution in [0, 0.1) is 0 Å². The molecule has 0 saturated heterocycles. The highest BCUT2D eigenvalue weighted by molar-refractivity contribution is 7.99. The zero-order chi connectivity index (χ0) is 17.2. The normalized spacial score (nSPS) is 11.9. The van der Waals surface area contributed by atoms with E-state index in [9.17, 15) is 4.79 Å². The number of thiazole rings is 1. The monoisotopic (exact) mass is 369 g/mol. The van der Waals surface area contributed by atoms with Crippen LogP contribution >= 0.6 is 23.1 Å². The average molecular weight is 369 g/mol. The third kappa shape index (κ3) is 3.33. The molecule has 2 heterocycles. The van der Waals surface area contributed by atoms with Crippen LogP contribution in [0.5, 0.6) is 0 Å². The number of hydrogen-bond acceptors (Lipinski definition) is 6. The maximum atomic E-state index is 11.2. The van der Waals surface area contributed by atoms with E-state index in [1.165, 1.54) is 28.2 Å². The minimum Gasteiger partial charge on any atom is -0.453 e. The Morgan fingerprint density at radius 3 is 2.92 bits per heavy atom. The zero-order valence-electron chi connectivity index (χ0n) is 13.4. The van der Waals surface area contributed by atoms with Gasteiger partial charge in [-0.3, -0.25) is 0 Å². The minimum absolute atomic E-state index is 0.365. The Morgan fingerprint density at radius 1 is 1.20 bits per heavy atom. The third-order valence-electron chi connectivity index (χ3n) is 3.77. The summed E-state index contributed by atoms with van der Waals surface area (Å²) in [5.41, 5.74) is 4.16. The topological polar surface area (TPSA) is 63.2 Å². The van der Waals surface area contributed by atoms with Gasteiger partial charge in [0.1, 0.15) is 5.01 Å². The van der Waals surface area contributed by atoms with Gasteiger partial charge in [0, 0.05) is 20.7 Å². The molecule has 0 aliphatic carbocycles. The third-order valence-corrected chi connectivity index (χ3v) is 5.77. The molecule has 0 fully saturated rings. The first-order valence-electron chi connectivity index (χ1n) is 7.67. The lowest BCUT2D eigenvalue weighted by atomic mass is 10.1. The van der Waals surface area contributed by atoms with E-state index < -0.39 is 6.09 Å². The molecule has 2 N–H and O–H groups in total. The van der Waals surface area contributed by atoms with E-state index in [-0.39, 0.29) is 0 Å². The van der Waals surface area contributed by atoms with Crippen LogP contribution in [0.3, 0.4) is 0 Å². The van der Waals surface area contributed by atoms with Crippen LogP contribution in [0.4, 0.5) is 16.2 Å². The van der Waals surface area contributed by atoms with Gasteiger partial charge in [0.2, 0.25) is 0 Å². The van der Waals surface area contributed by atoms with Gasteiger partial charge in [0.25, 0.3) is 0 Å². The van der Waals surface area contributed by atoms with E-state index in [0.717, 1.165) is 27.6 Å². The van der Waals surface area contributed by atoms with E-state index >= 15 is 0 Å². The number of hydrogen-bond donors (Lipinski definition) is 2. The number of carbonyl (C=O) groups excluding carboxylic acids is 1. The van der Waals surface area contributed by atoms with Crippen LogP contribution in [0.2, 0.25) is 0 Å². The van der Waals surface area contributed by atoms with Gasteiger partial charge in [-0.15, -0.1) is 11.3 Å². The predicted octanol–water partition coefficient (Wildman–Crippen LogP) is 4.87. The quantitative estimate of drug-likeness (QED) is 0.539. The van der Waals surface area contributed by atoms with Crippen molar-refractivity contribution in [2.75, 3.05) is 12.4 Å². The summed E-state index contributed by atoms with van der Waals surface area (Å²) in [5.74, 6) is 0. The number of carbonyl (C=O) groups is 1. The Bertz CT molecular complexity index is 940. The molecular formula is C18H15N3O2S2. The lowest BCUT2D eigenvalue weighted by molar-refractivity contribution is 0.170. The molecule has 25 heavy (non-hydrogen) atoms. The van der Waals surface area contributed by atoms with Crippen LogP contribution in [0.25, 0.3) is 11.3 Å². The Hall–Kier alpha value is -2.51. The zero-order valence-corrected chi connectivity index (χ0v) is 15.0. The first-order chi connectivity index (χ1) is 12.2. The lowest BCUT2D eigenvalue weighted by Crippen LogP contribution is -2.22. The largest absolute Gasteiger partial charge is 0.453 e. The second-order valence-electron chi connectivity index (χ2n) is 5.41. The summed E-state index contributed by atoms with van der Waals surface area (Å²) in [6.07, 6.45) is -0.453. The summed E-state index contributed by atoms with van der Waals surface area (Å²) >= 11 is 3.28. The molecule has 0 bridgehead atoms. The van der Waals surface area contributed by atoms with E-state index in [0.29, 0.717) is 6.54 Å². The number of rotatable bonds is 3. The Morgan fingerprint density at radius 2 is 2.04 bits per heavy atom. The fourth-order valence-corrected chi connectivity index (χ4v) is 4.25. The van der Waals surface area contributed by atoms with Gasteiger partial charge >= 0.3 is 6.09 Å². The van der Waals surface area contributed by atoms with Crippen molar-refractivity contribution in [1.82, 2.24) is 10.3 Å². The standard InChI is InChI=1S/C18H15N3O2S2/c1-23-18(22)19-9-17-21-14(10-24-17)11-6-7-16-13(8-11)20-12-4-2-3-5-15(12)25-16/h2-8,10,20H,9H2,1H3,(H,19,22). The summed E-state index contributed by atoms with van der Waals surface area (Å²) in [7, 11) is 1.35. The molecule has 4 rings (SSSR count). The van der Waals surface area contributed by atoms with Crippen molar-refractivity contribution >= 4 is 40.6 Å². The van der Waals surface area contributed by atoms with Gasteiger partial charge in [-0.1, -0.05) is 30.0 Å². The average Bonchev–Trinajstić information content (AvgIpc) is 3.13. The fraction of sp³-hybridized carbons (Fsp3) is 0.111. The molecule has 0 atom stereocenters. The van der Waals surface area contributed by atoms with Gasteiger partial charge in [0.05, 0.1) is 30.7 Å². The Kier molecular flexibility index (Phi) is 4.33. The van der Waals surface area contributed by atoms with Crippen LogP contribution in [0.1, 0.15) is 5.01 Å². The molecule has 3 aromatic rings. The van der Waals surface area contributed by atoms with Gasteiger partial charge < -0.3 is 15.4 Å². The number of methoxy groups -OCH3 is 1. The Balaban J connectivity index is 1.55. The number of benzene rings is 2. The summed E-state index contributed by atoms with van der Waals surface area (Å²) in [6, 6.07) is 14.6. The summed E-state index contributed by atoms with van der Waals surface area (Å²) < 4.78 is 4.57. The number of alkyl carbamates (subject to hydrolysis) is 1. The van der Waals surface area contributed by atoms with Crippen molar-refractivity contribution in [3.8, 4) is 11.3 Å². The molecule has 2 aromatic carbocycles. The minimum atomic E-state index is -0.453. The molecule has 1 aromatic heterocycles. The van der Waals surface area contributed by atoms with Crippen LogP contribution in [0.15, 0.2) is 57.6 Å². The van der Waals surface area contributed by atoms with Gasteiger partial charge in [-0.05, 0) is 24.3 Å². The molecular weight excluding hydrogens is 354 g/mol. The molecule has 5 nitrogen and oxygen atoms in total. The smallest absolute Gasteiger partial charge is 0.407 e. The van der Waals surface area contributed by atoms with Crippen LogP contribution in [-0.4, -0.2) is 18.2 Å². The highest BCUT2D eigenvalue weighted by Gasteiger charge is 2.16. The summed E-state index contributed by atoms with van der Waals surface area (Å²) in [6.45, 7) is 0.365. The molecule has 0 radical (unpaired) electrons. The van der Waals surface area contributed by atoms with Gasteiger partial charge in [-0.2, -0.15) is 0 Å². The first-order valence-corrected chi connectivity index (χ1v) is 9.37. The molecule has 0 saturated carbocycles. The summed E-state index contributed by atoms with van der Waals surface area (Å²) in [4.78, 5) is 18.2. The molecule has 1 aliphatic heterocycles. The number of para-hydroxylation sites is 1. The van der Waals surface area contributed by atoms with E-state index in [1.807, 2.05) is 17.5 Å². The van der Waals surface area contributed by atoms with Crippen molar-refractivity contribution in [2.45, 2.75) is 16.3 Å². The van der Waals surface area contributed by atoms with Gasteiger partial charge in [0.15, 0.2) is 0 Å². The highest BCUT2D eigenvalue weighted by Crippen LogP contribution is 2.45. The number of aromatic nitrogens is 1. The predicted molar refractivity (Wildman–Crippen MR) is 101 cm³/mol. The van der Waals surface area contributed by atoms with Crippen molar-refractivity contribution in [3.05, 3.63) is 52.9 Å². The molecule has 1 amide bonds. The van der Waals surface area contributed by atoms with E-state index in [1.54, 1.807) is 11.8 Å². The van der Waals surface area contributed by atoms with Crippen molar-refractivity contribution in [1.29, 1.82) is 0 Å². The summed E-state index contributed by atoms with van der Waals surface area (Å²) in [5, 5.41) is 8.97. The van der Waals surface area contributed by atoms with Crippen molar-refractivity contribution < 1.29 is 9.53 Å². The second kappa shape index (κ2) is 6.78. The number of anilines is 2. The molecule has 0 spiro atoms. The SMILES string of the molecule is COC(=O)NCc1nc(-c2ccc3c(c2)Nc2ccccc2S3)cs1. The number of ether oxygens (including phenoxy) is 1. The van der Waals surface area contributed by atoms with Crippen LogP contribution < -0.4 is 10.6 Å². The lowest BCUT2D eigenvalue weighted by Gasteiger charge is -2.21. The van der Waals surface area contributed by atoms with E-state index in [4.69, 9.17) is 0 Å². The molecule has 1 aliphatic rings. The maximum absolute atomic E-state index is 11.2. The fourth-order valence-electron chi connectivity index (χ4n) is 2.54. The first kappa shape index (κ1) is 16.0. The van der Waals surface area contributed by atoms with E-state index in [2.05, 4.69) is 50.7 Å². The number of fused-ring (bicyclic) bond motifs is 2. The highest BCUT2D eigenvalue weighted by atomic mass is 32.2. The Labute approximate surface area is 153 Å². The molecule has 126 valence electrons. The van der Waals surface area contributed by atoms with Crippen molar-refractivity contribution in [2.24, 2.45) is 0 Å². The molecule has 7 heteroatoms. The second-order valence-corrected chi connectivity index (χ2v) is 7.43. The molecule has 0 unspecified atom stereocenters. The number of nitrogens with zero attached hydrogens (tertiary/aromatic N) is 1. The number of amides is 1. The van der Waals surface area contributed by atoms with Crippen molar-refractivity contribution in [3.63, 3.8) is 0 Å². The van der Waals surface area contributed by atoms with Crippen LogP contribution in [-0.2, 0) is 11.3 Å².